The average molecular weight is 217 g/mol. The molecule has 5 heteroatoms. The Morgan fingerprint density at radius 3 is 2.47 bits per heavy atom. The highest BCUT2D eigenvalue weighted by Gasteiger charge is 2.15. The number of primary amides is 1. The SMILES string of the molecule is CC(C)OCCN(C)C(CN)CC(N)=O. The highest BCUT2D eigenvalue weighted by molar-refractivity contribution is 5.74. The van der Waals surface area contributed by atoms with Crippen LogP contribution in [0.2, 0.25) is 0 Å². The van der Waals surface area contributed by atoms with E-state index in [0.717, 1.165) is 6.54 Å². The lowest BCUT2D eigenvalue weighted by atomic mass is 10.2. The summed E-state index contributed by atoms with van der Waals surface area (Å²) in [6.07, 6.45) is 0.528. The van der Waals surface area contributed by atoms with Crippen LogP contribution >= 0.6 is 0 Å². The highest BCUT2D eigenvalue weighted by Crippen LogP contribution is 2.00. The van der Waals surface area contributed by atoms with Crippen LogP contribution in [-0.4, -0.2) is 49.7 Å². The molecule has 90 valence electrons. The molecule has 0 saturated carbocycles. The Morgan fingerprint density at radius 1 is 1.47 bits per heavy atom. The maximum Gasteiger partial charge on any atom is 0.219 e. The summed E-state index contributed by atoms with van der Waals surface area (Å²) >= 11 is 0. The molecule has 0 spiro atoms. The van der Waals surface area contributed by atoms with Gasteiger partial charge in [-0.15, -0.1) is 0 Å². The van der Waals surface area contributed by atoms with Gasteiger partial charge in [0.25, 0.3) is 0 Å². The summed E-state index contributed by atoms with van der Waals surface area (Å²) in [6.45, 7) is 5.81. The molecule has 0 aromatic heterocycles. The second kappa shape index (κ2) is 7.62. The maximum absolute atomic E-state index is 10.8. The second-order valence-corrected chi connectivity index (χ2v) is 3.96. The lowest BCUT2D eigenvalue weighted by Crippen LogP contribution is -2.42. The minimum Gasteiger partial charge on any atom is -0.377 e. The number of amides is 1. The van der Waals surface area contributed by atoms with E-state index in [1.807, 2.05) is 25.8 Å². The van der Waals surface area contributed by atoms with Crippen molar-refractivity contribution >= 4 is 5.91 Å². The van der Waals surface area contributed by atoms with E-state index in [1.54, 1.807) is 0 Å². The van der Waals surface area contributed by atoms with Crippen LogP contribution in [0, 0.1) is 0 Å². The van der Waals surface area contributed by atoms with Crippen molar-refractivity contribution in [3.8, 4) is 0 Å². The van der Waals surface area contributed by atoms with Crippen molar-refractivity contribution in [1.29, 1.82) is 0 Å². The molecular weight excluding hydrogens is 194 g/mol. The van der Waals surface area contributed by atoms with Crippen molar-refractivity contribution in [2.45, 2.75) is 32.4 Å². The Hall–Kier alpha value is -0.650. The summed E-state index contributed by atoms with van der Waals surface area (Å²) in [5, 5.41) is 0. The molecule has 0 aromatic rings. The summed E-state index contributed by atoms with van der Waals surface area (Å²) in [5.74, 6) is -0.318. The smallest absolute Gasteiger partial charge is 0.219 e. The third-order valence-electron chi connectivity index (χ3n) is 2.23. The molecule has 0 bridgehead atoms. The molecule has 0 fully saturated rings. The Bertz CT molecular complexity index is 186. The molecule has 5 nitrogen and oxygen atoms in total. The number of ether oxygens (including phenoxy) is 1. The van der Waals surface area contributed by atoms with Crippen molar-refractivity contribution < 1.29 is 9.53 Å². The number of likely N-dealkylation sites (N-methyl/N-ethyl adjacent to an activating group) is 1. The normalized spacial score (nSPS) is 13.5. The average Bonchev–Trinajstić information content (AvgIpc) is 2.13. The van der Waals surface area contributed by atoms with E-state index in [2.05, 4.69) is 0 Å². The molecule has 0 radical (unpaired) electrons. The van der Waals surface area contributed by atoms with Crippen LogP contribution in [0.15, 0.2) is 0 Å². The van der Waals surface area contributed by atoms with Gasteiger partial charge < -0.3 is 16.2 Å². The quantitative estimate of drug-likeness (QED) is 0.577. The van der Waals surface area contributed by atoms with Gasteiger partial charge >= 0.3 is 0 Å². The van der Waals surface area contributed by atoms with Crippen molar-refractivity contribution in [2.24, 2.45) is 11.5 Å². The molecule has 1 amide bonds. The van der Waals surface area contributed by atoms with E-state index >= 15 is 0 Å². The summed E-state index contributed by atoms with van der Waals surface area (Å²) in [5.41, 5.74) is 10.7. The van der Waals surface area contributed by atoms with Crippen LogP contribution < -0.4 is 11.5 Å². The lowest BCUT2D eigenvalue weighted by Gasteiger charge is -2.26. The summed E-state index contributed by atoms with van der Waals surface area (Å²) in [4.78, 5) is 12.8. The molecule has 0 aromatic carbocycles. The minimum atomic E-state index is -0.318. The number of nitrogens with zero attached hydrogens (tertiary/aromatic N) is 1. The Morgan fingerprint density at radius 2 is 2.07 bits per heavy atom. The van der Waals surface area contributed by atoms with Gasteiger partial charge in [-0.1, -0.05) is 0 Å². The third kappa shape index (κ3) is 7.30. The zero-order valence-corrected chi connectivity index (χ0v) is 9.90. The molecule has 0 aliphatic carbocycles. The molecule has 0 aliphatic heterocycles. The van der Waals surface area contributed by atoms with Crippen LogP contribution in [0.4, 0.5) is 0 Å². The summed E-state index contributed by atoms with van der Waals surface area (Å²) in [6, 6.07) is 0.0123. The van der Waals surface area contributed by atoms with Crippen molar-refractivity contribution in [3.05, 3.63) is 0 Å². The maximum atomic E-state index is 10.8. The van der Waals surface area contributed by atoms with Crippen LogP contribution in [0.1, 0.15) is 20.3 Å². The first-order valence-electron chi connectivity index (χ1n) is 5.27. The van der Waals surface area contributed by atoms with Crippen molar-refractivity contribution in [2.75, 3.05) is 26.7 Å². The van der Waals surface area contributed by atoms with E-state index < -0.39 is 0 Å². The van der Waals surface area contributed by atoms with E-state index in [-0.39, 0.29) is 18.1 Å². The summed E-state index contributed by atoms with van der Waals surface area (Å²) < 4.78 is 5.41. The first kappa shape index (κ1) is 14.3. The van der Waals surface area contributed by atoms with Gasteiger partial charge in [-0.25, -0.2) is 0 Å². The standard InChI is InChI=1S/C10H23N3O2/c1-8(2)15-5-4-13(3)9(7-11)6-10(12)14/h8-9H,4-7,11H2,1-3H3,(H2,12,14). The molecule has 4 N–H and O–H groups in total. The van der Waals surface area contributed by atoms with Crippen LogP contribution in [-0.2, 0) is 9.53 Å². The highest BCUT2D eigenvalue weighted by atomic mass is 16.5. The largest absolute Gasteiger partial charge is 0.377 e. The van der Waals surface area contributed by atoms with Crippen LogP contribution in [0.5, 0.6) is 0 Å². The number of nitrogens with two attached hydrogens (primary N) is 2. The van der Waals surface area contributed by atoms with E-state index in [0.29, 0.717) is 19.6 Å². The molecule has 0 heterocycles. The van der Waals surface area contributed by atoms with Gasteiger partial charge in [-0.2, -0.15) is 0 Å². The number of carbonyl (C=O) groups excluding carboxylic acids is 1. The Kier molecular flexibility index (Phi) is 7.29. The molecule has 15 heavy (non-hydrogen) atoms. The predicted molar refractivity (Wildman–Crippen MR) is 60.4 cm³/mol. The topological polar surface area (TPSA) is 81.6 Å². The van der Waals surface area contributed by atoms with Gasteiger partial charge in [0.15, 0.2) is 0 Å². The van der Waals surface area contributed by atoms with Crippen molar-refractivity contribution in [3.63, 3.8) is 0 Å². The Labute approximate surface area is 91.7 Å². The fourth-order valence-corrected chi connectivity index (χ4v) is 1.27. The molecule has 0 saturated heterocycles. The fourth-order valence-electron chi connectivity index (χ4n) is 1.27. The molecule has 1 atom stereocenters. The fraction of sp³-hybridized carbons (Fsp3) is 0.900. The van der Waals surface area contributed by atoms with Gasteiger partial charge in [0.2, 0.25) is 5.91 Å². The molecule has 0 aliphatic rings. The lowest BCUT2D eigenvalue weighted by molar-refractivity contribution is -0.119. The zero-order valence-electron chi connectivity index (χ0n) is 9.90. The number of carbonyl (C=O) groups is 1. The van der Waals surface area contributed by atoms with E-state index in [4.69, 9.17) is 16.2 Å². The van der Waals surface area contributed by atoms with Gasteiger partial charge in [0, 0.05) is 25.6 Å². The number of hydrogen-bond donors (Lipinski definition) is 2. The zero-order chi connectivity index (χ0) is 11.8. The van der Waals surface area contributed by atoms with Gasteiger partial charge in [-0.3, -0.25) is 9.69 Å². The molecular formula is C10H23N3O2. The monoisotopic (exact) mass is 217 g/mol. The molecule has 1 unspecified atom stereocenters. The van der Waals surface area contributed by atoms with Gasteiger partial charge in [0.05, 0.1) is 12.7 Å². The predicted octanol–water partition coefficient (Wildman–Crippen LogP) is -0.454. The molecule has 0 rings (SSSR count). The Balaban J connectivity index is 3.82. The number of rotatable bonds is 8. The van der Waals surface area contributed by atoms with Gasteiger partial charge in [0.1, 0.15) is 0 Å². The van der Waals surface area contributed by atoms with Crippen LogP contribution in [0.25, 0.3) is 0 Å². The van der Waals surface area contributed by atoms with Crippen LogP contribution in [0.3, 0.4) is 0 Å². The van der Waals surface area contributed by atoms with Crippen molar-refractivity contribution in [1.82, 2.24) is 4.90 Å². The minimum absolute atomic E-state index is 0.0123. The van der Waals surface area contributed by atoms with E-state index in [9.17, 15) is 4.79 Å². The first-order valence-corrected chi connectivity index (χ1v) is 5.27. The first-order chi connectivity index (χ1) is 6.97. The second-order valence-electron chi connectivity index (χ2n) is 3.96. The third-order valence-corrected chi connectivity index (χ3v) is 2.23. The number of hydrogen-bond acceptors (Lipinski definition) is 4. The van der Waals surface area contributed by atoms with E-state index in [1.165, 1.54) is 0 Å². The summed E-state index contributed by atoms with van der Waals surface area (Å²) in [7, 11) is 1.92. The van der Waals surface area contributed by atoms with Gasteiger partial charge in [-0.05, 0) is 20.9 Å².